The van der Waals surface area contributed by atoms with Gasteiger partial charge >= 0.3 is 0 Å². The minimum absolute atomic E-state index is 0.116. The van der Waals surface area contributed by atoms with E-state index in [9.17, 15) is 0 Å². The van der Waals surface area contributed by atoms with Crippen LogP contribution in [0.1, 0.15) is 40.0 Å². The highest BCUT2D eigenvalue weighted by Gasteiger charge is 2.24. The van der Waals surface area contributed by atoms with Crippen molar-refractivity contribution in [3.05, 3.63) is 23.0 Å². The molecule has 0 aromatic rings. The summed E-state index contributed by atoms with van der Waals surface area (Å²) in [6.45, 7) is 6.63. The second-order valence-corrected chi connectivity index (χ2v) is 5.03. The lowest BCUT2D eigenvalue weighted by atomic mass is 9.76. The topological polar surface area (TPSA) is 59.6 Å². The molecular formula is C13H17N3. The Morgan fingerprint density at radius 2 is 2.00 bits per heavy atom. The minimum atomic E-state index is 0.116. The van der Waals surface area contributed by atoms with Gasteiger partial charge in [-0.3, -0.25) is 0 Å². The van der Waals surface area contributed by atoms with Gasteiger partial charge in [-0.05, 0) is 31.6 Å². The fourth-order valence-electron chi connectivity index (χ4n) is 2.03. The number of nitriles is 2. The Morgan fingerprint density at radius 3 is 2.50 bits per heavy atom. The van der Waals surface area contributed by atoms with Gasteiger partial charge in [0.1, 0.15) is 17.7 Å². The van der Waals surface area contributed by atoms with E-state index in [1.54, 1.807) is 0 Å². The van der Waals surface area contributed by atoms with Gasteiger partial charge in [-0.25, -0.2) is 0 Å². The van der Waals surface area contributed by atoms with Gasteiger partial charge in [0.25, 0.3) is 0 Å². The average molecular weight is 215 g/mol. The Kier molecular flexibility index (Phi) is 3.74. The fourth-order valence-corrected chi connectivity index (χ4v) is 2.03. The lowest BCUT2D eigenvalue weighted by Gasteiger charge is -2.31. The lowest BCUT2D eigenvalue weighted by Crippen LogP contribution is -2.22. The summed E-state index contributed by atoms with van der Waals surface area (Å²) in [5.74, 6) is 0. The van der Waals surface area contributed by atoms with Crippen molar-refractivity contribution >= 4 is 0 Å². The molecule has 0 unspecified atom stereocenters. The molecule has 0 atom stereocenters. The van der Waals surface area contributed by atoms with E-state index in [4.69, 9.17) is 10.5 Å². The second-order valence-electron chi connectivity index (χ2n) is 5.03. The lowest BCUT2D eigenvalue weighted by molar-refractivity contribution is 0.310. The van der Waals surface area contributed by atoms with Crippen molar-refractivity contribution < 1.29 is 0 Å². The van der Waals surface area contributed by atoms with Crippen molar-refractivity contribution in [2.75, 3.05) is 0 Å². The summed E-state index contributed by atoms with van der Waals surface area (Å²) in [4.78, 5) is 0. The molecule has 0 aromatic carbocycles. The second kappa shape index (κ2) is 4.86. The molecule has 3 heteroatoms. The third-order valence-corrected chi connectivity index (χ3v) is 2.94. The third kappa shape index (κ3) is 3.14. The van der Waals surface area contributed by atoms with Gasteiger partial charge in [-0.2, -0.15) is 10.5 Å². The van der Waals surface area contributed by atoms with Crippen molar-refractivity contribution in [1.82, 2.24) is 5.32 Å². The molecule has 16 heavy (non-hydrogen) atoms. The first kappa shape index (κ1) is 12.3. The van der Waals surface area contributed by atoms with Crippen LogP contribution in [0.4, 0.5) is 0 Å². The summed E-state index contributed by atoms with van der Waals surface area (Å²) in [6.07, 6.45) is 4.68. The van der Waals surface area contributed by atoms with E-state index in [0.29, 0.717) is 5.41 Å². The van der Waals surface area contributed by atoms with Crippen LogP contribution in [-0.4, -0.2) is 0 Å². The highest BCUT2D eigenvalue weighted by Crippen LogP contribution is 2.37. The maximum Gasteiger partial charge on any atom is 0.145 e. The van der Waals surface area contributed by atoms with E-state index < -0.39 is 0 Å². The van der Waals surface area contributed by atoms with E-state index >= 15 is 0 Å². The molecule has 0 aliphatic heterocycles. The molecule has 0 amide bonds. The Hall–Kier alpha value is -1.74. The van der Waals surface area contributed by atoms with Crippen LogP contribution in [-0.2, 0) is 0 Å². The van der Waals surface area contributed by atoms with Gasteiger partial charge in [0.2, 0.25) is 0 Å². The number of nitrogens with one attached hydrogen (secondary N) is 1. The molecular weight excluding hydrogens is 198 g/mol. The summed E-state index contributed by atoms with van der Waals surface area (Å²) in [6, 6.07) is 3.67. The van der Waals surface area contributed by atoms with E-state index in [0.717, 1.165) is 25.0 Å². The molecule has 0 heterocycles. The normalized spacial score (nSPS) is 18.3. The molecule has 3 nitrogen and oxygen atoms in total. The molecule has 1 rings (SSSR count). The van der Waals surface area contributed by atoms with Crippen molar-refractivity contribution in [2.24, 2.45) is 5.41 Å². The zero-order valence-corrected chi connectivity index (χ0v) is 10.1. The van der Waals surface area contributed by atoms with Crippen LogP contribution >= 0.6 is 0 Å². The van der Waals surface area contributed by atoms with Crippen LogP contribution in [0, 0.1) is 28.1 Å². The molecule has 0 saturated heterocycles. The Balaban J connectivity index is 2.74. The van der Waals surface area contributed by atoms with E-state index in [-0.39, 0.29) is 5.57 Å². The SMILES string of the molecule is CC1=C(NC=C(C#N)C#N)CCC(C)(C)C1. The van der Waals surface area contributed by atoms with E-state index in [1.807, 2.05) is 12.1 Å². The van der Waals surface area contributed by atoms with Crippen LogP contribution in [0.2, 0.25) is 0 Å². The summed E-state index contributed by atoms with van der Waals surface area (Å²) in [7, 11) is 0. The zero-order valence-electron chi connectivity index (χ0n) is 10.1. The maximum atomic E-state index is 8.61. The molecule has 84 valence electrons. The molecule has 0 spiro atoms. The van der Waals surface area contributed by atoms with Crippen LogP contribution in [0.3, 0.4) is 0 Å². The van der Waals surface area contributed by atoms with Crippen LogP contribution in [0.5, 0.6) is 0 Å². The predicted octanol–water partition coefficient (Wildman–Crippen LogP) is 2.99. The summed E-state index contributed by atoms with van der Waals surface area (Å²) in [5, 5.41) is 20.3. The van der Waals surface area contributed by atoms with Crippen LogP contribution in [0.25, 0.3) is 0 Å². The molecule has 1 aliphatic carbocycles. The highest BCUT2D eigenvalue weighted by atomic mass is 14.9. The number of hydrogen-bond donors (Lipinski definition) is 1. The van der Waals surface area contributed by atoms with Gasteiger partial charge in [-0.15, -0.1) is 0 Å². The molecule has 1 aliphatic rings. The number of hydrogen-bond acceptors (Lipinski definition) is 3. The standard InChI is InChI=1S/C13H17N3/c1-10-6-13(2,3)5-4-12(10)16-9-11(7-14)8-15/h9,16H,4-6H2,1-3H3. The molecule has 0 radical (unpaired) electrons. The van der Waals surface area contributed by atoms with E-state index in [1.165, 1.54) is 11.8 Å². The monoisotopic (exact) mass is 215 g/mol. The number of allylic oxidation sites excluding steroid dienone is 3. The van der Waals surface area contributed by atoms with Gasteiger partial charge in [0.05, 0.1) is 0 Å². The van der Waals surface area contributed by atoms with Crippen LogP contribution < -0.4 is 5.32 Å². The fraction of sp³-hybridized carbons (Fsp3) is 0.538. The Bertz CT molecular complexity index is 397. The van der Waals surface area contributed by atoms with Crippen molar-refractivity contribution in [1.29, 1.82) is 10.5 Å². The molecule has 0 bridgehead atoms. The first-order chi connectivity index (χ1) is 7.48. The van der Waals surface area contributed by atoms with Crippen molar-refractivity contribution in [3.8, 4) is 12.1 Å². The van der Waals surface area contributed by atoms with Gasteiger partial charge in [0, 0.05) is 11.9 Å². The highest BCUT2D eigenvalue weighted by molar-refractivity contribution is 5.35. The largest absolute Gasteiger partial charge is 0.363 e. The van der Waals surface area contributed by atoms with Gasteiger partial charge < -0.3 is 5.32 Å². The smallest absolute Gasteiger partial charge is 0.145 e. The van der Waals surface area contributed by atoms with E-state index in [2.05, 4.69) is 26.1 Å². The number of rotatable bonds is 2. The molecule has 0 fully saturated rings. The summed E-state index contributed by atoms with van der Waals surface area (Å²) in [5.41, 5.74) is 2.96. The first-order valence-corrected chi connectivity index (χ1v) is 5.44. The molecule has 0 saturated carbocycles. The maximum absolute atomic E-state index is 8.61. The molecule has 0 aromatic heterocycles. The van der Waals surface area contributed by atoms with Crippen molar-refractivity contribution in [2.45, 2.75) is 40.0 Å². The summed E-state index contributed by atoms with van der Waals surface area (Å²) < 4.78 is 0. The van der Waals surface area contributed by atoms with Crippen LogP contribution in [0.15, 0.2) is 23.0 Å². The average Bonchev–Trinajstić information content (AvgIpc) is 2.21. The minimum Gasteiger partial charge on any atom is -0.363 e. The quantitative estimate of drug-likeness (QED) is 0.720. The number of nitrogens with zero attached hydrogens (tertiary/aromatic N) is 2. The zero-order chi connectivity index (χ0) is 12.2. The Labute approximate surface area is 97.1 Å². The Morgan fingerprint density at radius 1 is 1.38 bits per heavy atom. The van der Waals surface area contributed by atoms with Gasteiger partial charge in [0.15, 0.2) is 0 Å². The first-order valence-electron chi connectivity index (χ1n) is 5.44. The molecule has 1 N–H and O–H groups in total. The van der Waals surface area contributed by atoms with Gasteiger partial charge in [-0.1, -0.05) is 19.4 Å². The summed E-state index contributed by atoms with van der Waals surface area (Å²) >= 11 is 0. The predicted molar refractivity (Wildman–Crippen MR) is 62.8 cm³/mol. The third-order valence-electron chi connectivity index (χ3n) is 2.94. The van der Waals surface area contributed by atoms with Crippen molar-refractivity contribution in [3.63, 3.8) is 0 Å².